The van der Waals surface area contributed by atoms with Gasteiger partial charge in [0, 0.05) is 11.8 Å². The molecule has 3 nitrogen and oxygen atoms in total. The molecule has 4 heteroatoms. The molecule has 1 aromatic heterocycles. The Bertz CT molecular complexity index is 454. The number of aliphatic hydroxyl groups excluding tert-OH is 1. The standard InChI is InChI=1S/C11H11FN2O/c1-7-4-9(12)2-3-10(7)11(15)8-5-13-14-6-8/h2-6,11,15H,1H3,(H,13,14). The van der Waals surface area contributed by atoms with E-state index in [1.807, 2.05) is 0 Å². The summed E-state index contributed by atoms with van der Waals surface area (Å²) in [5, 5.41) is 16.4. The van der Waals surface area contributed by atoms with Crippen molar-refractivity contribution in [1.29, 1.82) is 0 Å². The topological polar surface area (TPSA) is 48.9 Å². The highest BCUT2D eigenvalue weighted by molar-refractivity contribution is 5.33. The predicted octanol–water partition coefficient (Wildman–Crippen LogP) is 1.94. The molecule has 0 radical (unpaired) electrons. The number of aliphatic hydroxyl groups is 1. The van der Waals surface area contributed by atoms with E-state index in [2.05, 4.69) is 10.2 Å². The molecule has 0 amide bonds. The third kappa shape index (κ3) is 1.89. The van der Waals surface area contributed by atoms with Gasteiger partial charge in [-0.1, -0.05) is 6.07 Å². The molecule has 0 aliphatic heterocycles. The molecule has 0 aliphatic rings. The lowest BCUT2D eigenvalue weighted by Gasteiger charge is -2.11. The molecule has 0 bridgehead atoms. The number of hydrogen-bond donors (Lipinski definition) is 2. The van der Waals surface area contributed by atoms with Gasteiger partial charge in [-0.3, -0.25) is 5.10 Å². The van der Waals surface area contributed by atoms with Gasteiger partial charge < -0.3 is 5.11 Å². The van der Waals surface area contributed by atoms with Crippen LogP contribution in [0.4, 0.5) is 4.39 Å². The second-order valence-electron chi connectivity index (χ2n) is 3.44. The highest BCUT2D eigenvalue weighted by atomic mass is 19.1. The van der Waals surface area contributed by atoms with Crippen LogP contribution < -0.4 is 0 Å². The van der Waals surface area contributed by atoms with E-state index < -0.39 is 6.10 Å². The summed E-state index contributed by atoms with van der Waals surface area (Å²) in [4.78, 5) is 0. The normalized spacial score (nSPS) is 12.7. The fraction of sp³-hybridized carbons (Fsp3) is 0.182. The number of nitrogens with one attached hydrogen (secondary N) is 1. The number of benzene rings is 1. The SMILES string of the molecule is Cc1cc(F)ccc1C(O)c1cn[nH]c1. The van der Waals surface area contributed by atoms with Gasteiger partial charge in [0.15, 0.2) is 0 Å². The number of H-pyrrole nitrogens is 1. The van der Waals surface area contributed by atoms with Crippen LogP contribution >= 0.6 is 0 Å². The zero-order valence-corrected chi connectivity index (χ0v) is 8.24. The number of aromatic amines is 1. The van der Waals surface area contributed by atoms with Gasteiger partial charge in [-0.25, -0.2) is 4.39 Å². The largest absolute Gasteiger partial charge is 0.384 e. The van der Waals surface area contributed by atoms with Gasteiger partial charge in [-0.15, -0.1) is 0 Å². The van der Waals surface area contributed by atoms with E-state index in [1.165, 1.54) is 12.1 Å². The Morgan fingerprint density at radius 2 is 2.27 bits per heavy atom. The minimum absolute atomic E-state index is 0.296. The molecule has 1 unspecified atom stereocenters. The molecule has 0 fully saturated rings. The lowest BCUT2D eigenvalue weighted by Crippen LogP contribution is -2.01. The van der Waals surface area contributed by atoms with Crippen LogP contribution in [0.5, 0.6) is 0 Å². The lowest BCUT2D eigenvalue weighted by atomic mass is 10.00. The fourth-order valence-corrected chi connectivity index (χ4v) is 1.54. The van der Waals surface area contributed by atoms with Crippen molar-refractivity contribution in [3.8, 4) is 0 Å². The Balaban J connectivity index is 2.38. The van der Waals surface area contributed by atoms with Crippen molar-refractivity contribution >= 4 is 0 Å². The van der Waals surface area contributed by atoms with Gasteiger partial charge in [0.25, 0.3) is 0 Å². The number of aryl methyl sites for hydroxylation is 1. The third-order valence-electron chi connectivity index (χ3n) is 2.36. The second-order valence-corrected chi connectivity index (χ2v) is 3.44. The van der Waals surface area contributed by atoms with Crippen molar-refractivity contribution in [2.75, 3.05) is 0 Å². The molecule has 2 N–H and O–H groups in total. The van der Waals surface area contributed by atoms with Crippen molar-refractivity contribution in [3.63, 3.8) is 0 Å². The molecule has 1 aromatic carbocycles. The second kappa shape index (κ2) is 3.82. The van der Waals surface area contributed by atoms with Crippen molar-refractivity contribution in [2.24, 2.45) is 0 Å². The summed E-state index contributed by atoms with van der Waals surface area (Å²) in [6.07, 6.45) is 2.41. The van der Waals surface area contributed by atoms with Gasteiger partial charge in [-0.2, -0.15) is 5.10 Å². The summed E-state index contributed by atoms with van der Waals surface area (Å²) in [5.74, 6) is -0.296. The van der Waals surface area contributed by atoms with E-state index in [0.717, 1.165) is 5.56 Å². The number of halogens is 1. The van der Waals surface area contributed by atoms with Crippen LogP contribution in [-0.4, -0.2) is 15.3 Å². The van der Waals surface area contributed by atoms with Crippen LogP contribution in [0.25, 0.3) is 0 Å². The van der Waals surface area contributed by atoms with Crippen LogP contribution in [0.3, 0.4) is 0 Å². The molecule has 78 valence electrons. The number of hydrogen-bond acceptors (Lipinski definition) is 2. The molecule has 15 heavy (non-hydrogen) atoms. The predicted molar refractivity (Wildman–Crippen MR) is 53.8 cm³/mol. The first-order chi connectivity index (χ1) is 7.18. The lowest BCUT2D eigenvalue weighted by molar-refractivity contribution is 0.219. The van der Waals surface area contributed by atoms with E-state index >= 15 is 0 Å². The zero-order valence-electron chi connectivity index (χ0n) is 8.24. The van der Waals surface area contributed by atoms with E-state index in [4.69, 9.17) is 0 Å². The molecule has 0 spiro atoms. The van der Waals surface area contributed by atoms with Gasteiger partial charge in [0.1, 0.15) is 11.9 Å². The molecule has 0 saturated carbocycles. The first-order valence-corrected chi connectivity index (χ1v) is 4.61. The van der Waals surface area contributed by atoms with Gasteiger partial charge in [0.05, 0.1) is 6.20 Å². The summed E-state index contributed by atoms with van der Waals surface area (Å²) < 4.78 is 12.9. The molecule has 1 atom stereocenters. The molecular weight excluding hydrogens is 195 g/mol. The highest BCUT2D eigenvalue weighted by Gasteiger charge is 2.13. The summed E-state index contributed by atoms with van der Waals surface area (Å²) in [6.45, 7) is 1.77. The number of aromatic nitrogens is 2. The van der Waals surface area contributed by atoms with E-state index in [9.17, 15) is 9.50 Å². The maximum absolute atomic E-state index is 12.9. The Kier molecular flexibility index (Phi) is 2.51. The summed E-state index contributed by atoms with van der Waals surface area (Å²) in [5.41, 5.74) is 2.09. The van der Waals surface area contributed by atoms with Crippen molar-refractivity contribution in [3.05, 3.63) is 53.1 Å². The summed E-state index contributed by atoms with van der Waals surface area (Å²) in [6, 6.07) is 4.33. The quantitative estimate of drug-likeness (QED) is 0.788. The minimum atomic E-state index is -0.760. The van der Waals surface area contributed by atoms with Crippen LogP contribution in [-0.2, 0) is 0 Å². The zero-order chi connectivity index (χ0) is 10.8. The fourth-order valence-electron chi connectivity index (χ4n) is 1.54. The smallest absolute Gasteiger partial charge is 0.123 e. The highest BCUT2D eigenvalue weighted by Crippen LogP contribution is 2.24. The van der Waals surface area contributed by atoms with Crippen molar-refractivity contribution in [1.82, 2.24) is 10.2 Å². The molecular formula is C11H11FN2O. The van der Waals surface area contributed by atoms with Crippen LogP contribution in [0, 0.1) is 12.7 Å². The average Bonchev–Trinajstić information content (AvgIpc) is 2.69. The minimum Gasteiger partial charge on any atom is -0.384 e. The molecule has 2 aromatic rings. The van der Waals surface area contributed by atoms with Gasteiger partial charge in [0.2, 0.25) is 0 Å². The van der Waals surface area contributed by atoms with Crippen molar-refractivity contribution in [2.45, 2.75) is 13.0 Å². The van der Waals surface area contributed by atoms with Crippen molar-refractivity contribution < 1.29 is 9.50 Å². The Labute approximate surface area is 86.6 Å². The van der Waals surface area contributed by atoms with E-state index in [-0.39, 0.29) is 5.82 Å². The number of rotatable bonds is 2. The number of nitrogens with zero attached hydrogens (tertiary/aromatic N) is 1. The molecule has 2 rings (SSSR count). The molecule has 1 heterocycles. The third-order valence-corrected chi connectivity index (χ3v) is 2.36. The van der Waals surface area contributed by atoms with E-state index in [0.29, 0.717) is 11.1 Å². The average molecular weight is 206 g/mol. The summed E-state index contributed by atoms with van der Waals surface area (Å²) >= 11 is 0. The Hall–Kier alpha value is -1.68. The summed E-state index contributed by atoms with van der Waals surface area (Å²) in [7, 11) is 0. The van der Waals surface area contributed by atoms with Gasteiger partial charge >= 0.3 is 0 Å². The monoisotopic (exact) mass is 206 g/mol. The first-order valence-electron chi connectivity index (χ1n) is 4.61. The molecule has 0 saturated heterocycles. The Morgan fingerprint density at radius 3 is 2.87 bits per heavy atom. The van der Waals surface area contributed by atoms with Crippen LogP contribution in [0.1, 0.15) is 22.8 Å². The maximum Gasteiger partial charge on any atom is 0.123 e. The van der Waals surface area contributed by atoms with E-state index in [1.54, 1.807) is 25.4 Å². The maximum atomic E-state index is 12.9. The Morgan fingerprint density at radius 1 is 1.47 bits per heavy atom. The van der Waals surface area contributed by atoms with Crippen LogP contribution in [0.2, 0.25) is 0 Å². The first kappa shape index (κ1) is 9.86. The van der Waals surface area contributed by atoms with Crippen LogP contribution in [0.15, 0.2) is 30.6 Å². The van der Waals surface area contributed by atoms with Gasteiger partial charge in [-0.05, 0) is 30.2 Å². The molecule has 0 aliphatic carbocycles.